The van der Waals surface area contributed by atoms with Gasteiger partial charge in [0.15, 0.2) is 5.96 Å². The van der Waals surface area contributed by atoms with E-state index in [1.165, 1.54) is 5.56 Å². The summed E-state index contributed by atoms with van der Waals surface area (Å²) in [6.45, 7) is 8.84. The second-order valence-electron chi connectivity index (χ2n) is 5.46. The number of ether oxygens (including phenoxy) is 1. The lowest BCUT2D eigenvalue weighted by Crippen LogP contribution is -2.39. The number of nitrogens with one attached hydrogen (secondary N) is 2. The van der Waals surface area contributed by atoms with Gasteiger partial charge in [0, 0.05) is 26.7 Å². The van der Waals surface area contributed by atoms with Crippen molar-refractivity contribution in [2.75, 3.05) is 26.7 Å². The molecule has 1 atom stereocenters. The van der Waals surface area contributed by atoms with Crippen LogP contribution in [0, 0.1) is 0 Å². The molecule has 126 valence electrons. The third-order valence-corrected chi connectivity index (χ3v) is 3.23. The van der Waals surface area contributed by atoms with Crippen LogP contribution in [0.5, 0.6) is 0 Å². The predicted molar refractivity (Wildman–Crippen MR) is 105 cm³/mol. The number of aliphatic imine (C=N–C) groups is 1. The van der Waals surface area contributed by atoms with Crippen LogP contribution in [0.2, 0.25) is 0 Å². The zero-order valence-electron chi connectivity index (χ0n) is 14.1. The Hall–Kier alpha value is -0.820. The second-order valence-corrected chi connectivity index (χ2v) is 5.46. The van der Waals surface area contributed by atoms with Gasteiger partial charge in [-0.05, 0) is 31.7 Å². The molecule has 1 rings (SSSR count). The molecule has 5 heteroatoms. The number of nitrogens with zero attached hydrogens (tertiary/aromatic N) is 1. The van der Waals surface area contributed by atoms with E-state index in [9.17, 15) is 0 Å². The molecule has 0 aliphatic carbocycles. The van der Waals surface area contributed by atoms with Crippen LogP contribution in [-0.4, -0.2) is 38.8 Å². The number of halogens is 1. The van der Waals surface area contributed by atoms with Crippen LogP contribution >= 0.6 is 24.0 Å². The van der Waals surface area contributed by atoms with Crippen LogP contribution in [0.4, 0.5) is 0 Å². The van der Waals surface area contributed by atoms with Crippen LogP contribution in [0.25, 0.3) is 0 Å². The molecule has 0 aliphatic heterocycles. The maximum absolute atomic E-state index is 5.51. The monoisotopic (exact) mass is 419 g/mol. The maximum Gasteiger partial charge on any atom is 0.190 e. The van der Waals surface area contributed by atoms with E-state index in [0.717, 1.165) is 32.1 Å². The van der Waals surface area contributed by atoms with Crippen molar-refractivity contribution in [1.82, 2.24) is 10.6 Å². The molecule has 1 aromatic carbocycles. The van der Waals surface area contributed by atoms with E-state index in [1.54, 1.807) is 7.05 Å². The lowest BCUT2D eigenvalue weighted by molar-refractivity contribution is 0.0776. The largest absolute Gasteiger partial charge is 0.379 e. The highest BCUT2D eigenvalue weighted by Crippen LogP contribution is 2.12. The summed E-state index contributed by atoms with van der Waals surface area (Å²) < 4.78 is 5.51. The van der Waals surface area contributed by atoms with Gasteiger partial charge in [0.2, 0.25) is 0 Å². The van der Waals surface area contributed by atoms with Gasteiger partial charge in [-0.3, -0.25) is 4.99 Å². The average Bonchev–Trinajstić information content (AvgIpc) is 2.50. The van der Waals surface area contributed by atoms with Crippen molar-refractivity contribution in [1.29, 1.82) is 0 Å². The number of rotatable bonds is 8. The first-order valence-electron chi connectivity index (χ1n) is 7.74. The van der Waals surface area contributed by atoms with E-state index in [0.29, 0.717) is 12.0 Å². The van der Waals surface area contributed by atoms with Crippen LogP contribution in [0.3, 0.4) is 0 Å². The first-order valence-corrected chi connectivity index (χ1v) is 7.74. The average molecular weight is 419 g/mol. The summed E-state index contributed by atoms with van der Waals surface area (Å²) >= 11 is 0. The third-order valence-electron chi connectivity index (χ3n) is 3.23. The summed E-state index contributed by atoms with van der Waals surface area (Å²) in [5.74, 6) is 1.30. The molecule has 0 radical (unpaired) electrons. The van der Waals surface area contributed by atoms with E-state index >= 15 is 0 Å². The van der Waals surface area contributed by atoms with Crippen molar-refractivity contribution in [2.24, 2.45) is 4.99 Å². The topological polar surface area (TPSA) is 45.7 Å². The number of benzene rings is 1. The molecular weight excluding hydrogens is 389 g/mol. The smallest absolute Gasteiger partial charge is 0.190 e. The number of hydrogen-bond acceptors (Lipinski definition) is 2. The molecular formula is C17H30IN3O. The standard InChI is InChI=1S/C17H29N3O.HI/c1-14(2)21-12-8-11-19-17(18-4)20-13-15(3)16-9-6-5-7-10-16;/h5-7,9-10,14-15H,8,11-13H2,1-4H3,(H2,18,19,20);1H. The van der Waals surface area contributed by atoms with E-state index in [-0.39, 0.29) is 24.0 Å². The summed E-state index contributed by atoms with van der Waals surface area (Å²) in [4.78, 5) is 4.24. The Balaban J connectivity index is 0.00000441. The van der Waals surface area contributed by atoms with Gasteiger partial charge < -0.3 is 15.4 Å². The zero-order chi connectivity index (χ0) is 15.5. The molecule has 0 amide bonds. The molecule has 1 aromatic rings. The SMILES string of the molecule is CN=C(NCCCOC(C)C)NCC(C)c1ccccc1.I. The summed E-state index contributed by atoms with van der Waals surface area (Å²) in [5, 5.41) is 6.67. The van der Waals surface area contributed by atoms with Gasteiger partial charge in [-0.2, -0.15) is 0 Å². The third kappa shape index (κ3) is 9.25. The highest BCUT2D eigenvalue weighted by atomic mass is 127. The van der Waals surface area contributed by atoms with Crippen molar-refractivity contribution in [3.05, 3.63) is 35.9 Å². The normalized spacial score (nSPS) is 12.7. The van der Waals surface area contributed by atoms with Crippen molar-refractivity contribution in [2.45, 2.75) is 39.2 Å². The maximum atomic E-state index is 5.51. The molecule has 0 bridgehead atoms. The summed E-state index contributed by atoms with van der Waals surface area (Å²) in [5.41, 5.74) is 1.34. The molecule has 2 N–H and O–H groups in total. The predicted octanol–water partition coefficient (Wildman–Crippen LogP) is 3.39. The number of guanidine groups is 1. The van der Waals surface area contributed by atoms with Crippen molar-refractivity contribution >= 4 is 29.9 Å². The minimum absolute atomic E-state index is 0. The molecule has 22 heavy (non-hydrogen) atoms. The van der Waals surface area contributed by atoms with Crippen LogP contribution in [-0.2, 0) is 4.74 Å². The first kappa shape index (κ1) is 21.2. The van der Waals surface area contributed by atoms with Crippen molar-refractivity contribution in [3.63, 3.8) is 0 Å². The lowest BCUT2D eigenvalue weighted by atomic mass is 10.0. The van der Waals surface area contributed by atoms with Crippen molar-refractivity contribution < 1.29 is 4.74 Å². The van der Waals surface area contributed by atoms with Crippen LogP contribution in [0.15, 0.2) is 35.3 Å². The zero-order valence-corrected chi connectivity index (χ0v) is 16.5. The Bertz CT molecular complexity index is 410. The van der Waals surface area contributed by atoms with Crippen LogP contribution < -0.4 is 10.6 Å². The molecule has 0 spiro atoms. The van der Waals surface area contributed by atoms with Gasteiger partial charge in [-0.25, -0.2) is 0 Å². The van der Waals surface area contributed by atoms with Crippen molar-refractivity contribution in [3.8, 4) is 0 Å². The van der Waals surface area contributed by atoms with E-state index in [2.05, 4.69) is 60.7 Å². The molecule has 4 nitrogen and oxygen atoms in total. The van der Waals surface area contributed by atoms with Gasteiger partial charge in [-0.1, -0.05) is 37.3 Å². The van der Waals surface area contributed by atoms with E-state index in [1.807, 2.05) is 6.07 Å². The Kier molecular flexibility index (Phi) is 12.2. The number of hydrogen-bond donors (Lipinski definition) is 2. The highest BCUT2D eigenvalue weighted by molar-refractivity contribution is 14.0. The first-order chi connectivity index (χ1) is 10.1. The Morgan fingerprint density at radius 1 is 1.14 bits per heavy atom. The van der Waals surface area contributed by atoms with Gasteiger partial charge in [0.25, 0.3) is 0 Å². The Labute approximate surface area is 152 Å². The Morgan fingerprint density at radius 2 is 1.82 bits per heavy atom. The molecule has 0 fully saturated rings. The molecule has 0 aliphatic rings. The van der Waals surface area contributed by atoms with Gasteiger partial charge in [0.1, 0.15) is 0 Å². The van der Waals surface area contributed by atoms with Gasteiger partial charge in [-0.15, -0.1) is 24.0 Å². The van der Waals surface area contributed by atoms with E-state index < -0.39 is 0 Å². The molecule has 0 saturated heterocycles. The molecule has 0 saturated carbocycles. The summed E-state index contributed by atoms with van der Waals surface area (Å²) in [7, 11) is 1.80. The molecule has 0 heterocycles. The summed E-state index contributed by atoms with van der Waals surface area (Å²) in [6, 6.07) is 10.5. The molecule has 1 unspecified atom stereocenters. The van der Waals surface area contributed by atoms with E-state index in [4.69, 9.17) is 4.74 Å². The summed E-state index contributed by atoms with van der Waals surface area (Å²) in [6.07, 6.45) is 1.28. The Morgan fingerprint density at radius 3 is 2.41 bits per heavy atom. The van der Waals surface area contributed by atoms with Crippen LogP contribution in [0.1, 0.15) is 38.7 Å². The second kappa shape index (κ2) is 12.7. The minimum Gasteiger partial charge on any atom is -0.379 e. The molecule has 0 aromatic heterocycles. The lowest BCUT2D eigenvalue weighted by Gasteiger charge is -2.16. The highest BCUT2D eigenvalue weighted by Gasteiger charge is 2.05. The fourth-order valence-electron chi connectivity index (χ4n) is 1.97. The fraction of sp³-hybridized carbons (Fsp3) is 0.588. The fourth-order valence-corrected chi connectivity index (χ4v) is 1.97. The van der Waals surface area contributed by atoms with Gasteiger partial charge >= 0.3 is 0 Å². The minimum atomic E-state index is 0. The van der Waals surface area contributed by atoms with Gasteiger partial charge in [0.05, 0.1) is 6.10 Å². The quantitative estimate of drug-likeness (QED) is 0.294.